The Morgan fingerprint density at radius 1 is 1.15 bits per heavy atom. The standard InChI is InChI=1S/C18H29NO/c1-4-11-19-12-9-18(20,10-13-19)14-16-5-7-17(8-6-16)15(2)3/h5-8,15,20H,4,9-14H2,1-3H3. The molecule has 0 bridgehead atoms. The van der Waals surface area contributed by atoms with E-state index in [9.17, 15) is 5.11 Å². The summed E-state index contributed by atoms with van der Waals surface area (Å²) in [6.45, 7) is 9.89. The lowest BCUT2D eigenvalue weighted by Crippen LogP contribution is -2.45. The van der Waals surface area contributed by atoms with Crippen LogP contribution in [-0.4, -0.2) is 35.2 Å². The van der Waals surface area contributed by atoms with Crippen molar-refractivity contribution in [3.8, 4) is 0 Å². The first-order valence-corrected chi connectivity index (χ1v) is 8.06. The van der Waals surface area contributed by atoms with Crippen molar-refractivity contribution in [3.05, 3.63) is 35.4 Å². The first kappa shape index (κ1) is 15.5. The lowest BCUT2D eigenvalue weighted by Gasteiger charge is -2.38. The number of nitrogens with zero attached hydrogens (tertiary/aromatic N) is 1. The van der Waals surface area contributed by atoms with Crippen LogP contribution in [0.25, 0.3) is 0 Å². The molecule has 2 heteroatoms. The summed E-state index contributed by atoms with van der Waals surface area (Å²) in [4.78, 5) is 2.47. The number of likely N-dealkylation sites (tertiary alicyclic amines) is 1. The summed E-state index contributed by atoms with van der Waals surface area (Å²) in [6, 6.07) is 8.78. The third-order valence-electron chi connectivity index (χ3n) is 4.51. The van der Waals surface area contributed by atoms with Crippen molar-refractivity contribution in [2.24, 2.45) is 0 Å². The number of aliphatic hydroxyl groups is 1. The Morgan fingerprint density at radius 2 is 1.75 bits per heavy atom. The minimum absolute atomic E-state index is 0.496. The van der Waals surface area contributed by atoms with Gasteiger partial charge in [-0.3, -0.25) is 0 Å². The van der Waals surface area contributed by atoms with Crippen molar-refractivity contribution in [3.63, 3.8) is 0 Å². The molecule has 112 valence electrons. The largest absolute Gasteiger partial charge is 0.389 e. The van der Waals surface area contributed by atoms with Crippen LogP contribution in [0.2, 0.25) is 0 Å². The van der Waals surface area contributed by atoms with Gasteiger partial charge in [0.1, 0.15) is 0 Å². The molecule has 0 aliphatic carbocycles. The number of hydrogen-bond acceptors (Lipinski definition) is 2. The van der Waals surface area contributed by atoms with Crippen LogP contribution in [0.4, 0.5) is 0 Å². The third kappa shape index (κ3) is 4.07. The molecule has 1 fully saturated rings. The highest BCUT2D eigenvalue weighted by Gasteiger charge is 2.31. The molecule has 0 radical (unpaired) electrons. The van der Waals surface area contributed by atoms with Gasteiger partial charge in [-0.05, 0) is 42.9 Å². The van der Waals surface area contributed by atoms with Gasteiger partial charge in [0, 0.05) is 19.5 Å². The van der Waals surface area contributed by atoms with Crippen molar-refractivity contribution in [1.82, 2.24) is 4.90 Å². The van der Waals surface area contributed by atoms with E-state index < -0.39 is 5.60 Å². The Balaban J connectivity index is 1.92. The molecule has 1 aliphatic rings. The zero-order valence-corrected chi connectivity index (χ0v) is 13.2. The molecule has 0 unspecified atom stereocenters. The monoisotopic (exact) mass is 275 g/mol. The second-order valence-corrected chi connectivity index (χ2v) is 6.64. The van der Waals surface area contributed by atoms with Crippen LogP contribution in [0.3, 0.4) is 0 Å². The van der Waals surface area contributed by atoms with Gasteiger partial charge >= 0.3 is 0 Å². The highest BCUT2D eigenvalue weighted by Crippen LogP contribution is 2.27. The first-order valence-electron chi connectivity index (χ1n) is 8.06. The molecule has 1 aromatic rings. The SMILES string of the molecule is CCCN1CCC(O)(Cc2ccc(C(C)C)cc2)CC1. The molecule has 0 spiro atoms. The average Bonchev–Trinajstić information content (AvgIpc) is 2.42. The molecule has 0 amide bonds. The van der Waals surface area contributed by atoms with Crippen LogP contribution in [0, 0.1) is 0 Å². The molecule has 2 rings (SSSR count). The third-order valence-corrected chi connectivity index (χ3v) is 4.51. The molecule has 1 aliphatic heterocycles. The molecular weight excluding hydrogens is 246 g/mol. The van der Waals surface area contributed by atoms with Crippen LogP contribution in [-0.2, 0) is 6.42 Å². The van der Waals surface area contributed by atoms with Gasteiger partial charge in [0.05, 0.1) is 5.60 Å². The van der Waals surface area contributed by atoms with Crippen molar-refractivity contribution in [2.45, 2.75) is 58.0 Å². The molecule has 1 N–H and O–H groups in total. The van der Waals surface area contributed by atoms with Gasteiger partial charge in [-0.1, -0.05) is 45.0 Å². The lowest BCUT2D eigenvalue weighted by molar-refractivity contribution is -0.0205. The van der Waals surface area contributed by atoms with Gasteiger partial charge < -0.3 is 10.0 Å². The highest BCUT2D eigenvalue weighted by molar-refractivity contribution is 5.25. The second kappa shape index (κ2) is 6.73. The molecular formula is C18H29NO. The maximum atomic E-state index is 10.8. The smallest absolute Gasteiger partial charge is 0.0712 e. The normalized spacial score (nSPS) is 19.4. The minimum Gasteiger partial charge on any atom is -0.389 e. The molecule has 0 atom stereocenters. The van der Waals surface area contributed by atoms with Crippen LogP contribution in [0.1, 0.15) is 57.1 Å². The van der Waals surface area contributed by atoms with E-state index in [2.05, 4.69) is 49.9 Å². The summed E-state index contributed by atoms with van der Waals surface area (Å²) in [6.07, 6.45) is 3.80. The summed E-state index contributed by atoms with van der Waals surface area (Å²) in [5, 5.41) is 10.8. The number of hydrogen-bond donors (Lipinski definition) is 1. The van der Waals surface area contributed by atoms with E-state index in [-0.39, 0.29) is 0 Å². The van der Waals surface area contributed by atoms with Crippen LogP contribution < -0.4 is 0 Å². The summed E-state index contributed by atoms with van der Waals surface area (Å²) < 4.78 is 0. The van der Waals surface area contributed by atoms with Crippen LogP contribution in [0.5, 0.6) is 0 Å². The van der Waals surface area contributed by atoms with Crippen LogP contribution in [0.15, 0.2) is 24.3 Å². The number of rotatable bonds is 5. The van der Waals surface area contributed by atoms with Crippen molar-refractivity contribution in [2.75, 3.05) is 19.6 Å². The van der Waals surface area contributed by atoms with Gasteiger partial charge in [-0.25, -0.2) is 0 Å². The zero-order valence-electron chi connectivity index (χ0n) is 13.2. The summed E-state index contributed by atoms with van der Waals surface area (Å²) in [7, 11) is 0. The number of benzene rings is 1. The van der Waals surface area contributed by atoms with E-state index in [1.165, 1.54) is 24.1 Å². The quantitative estimate of drug-likeness (QED) is 0.887. The molecule has 1 heterocycles. The average molecular weight is 275 g/mol. The van der Waals surface area contributed by atoms with Crippen molar-refractivity contribution < 1.29 is 5.11 Å². The van der Waals surface area contributed by atoms with E-state index in [0.717, 1.165) is 32.4 Å². The molecule has 1 saturated heterocycles. The number of piperidine rings is 1. The fourth-order valence-corrected chi connectivity index (χ4v) is 3.09. The lowest BCUT2D eigenvalue weighted by atomic mass is 9.85. The maximum Gasteiger partial charge on any atom is 0.0712 e. The first-order chi connectivity index (χ1) is 9.52. The maximum absolute atomic E-state index is 10.8. The van der Waals surface area contributed by atoms with Crippen molar-refractivity contribution >= 4 is 0 Å². The van der Waals surface area contributed by atoms with E-state index in [4.69, 9.17) is 0 Å². The Morgan fingerprint density at radius 3 is 2.25 bits per heavy atom. The van der Waals surface area contributed by atoms with Gasteiger partial charge in [-0.2, -0.15) is 0 Å². The predicted molar refractivity (Wildman–Crippen MR) is 85.1 cm³/mol. The summed E-state index contributed by atoms with van der Waals surface area (Å²) >= 11 is 0. The van der Waals surface area contributed by atoms with Crippen LogP contribution >= 0.6 is 0 Å². The fourth-order valence-electron chi connectivity index (χ4n) is 3.09. The molecule has 0 saturated carbocycles. The predicted octanol–water partition coefficient (Wildman–Crippen LogP) is 3.59. The summed E-state index contributed by atoms with van der Waals surface area (Å²) in [5.74, 6) is 0.574. The van der Waals surface area contributed by atoms with E-state index in [0.29, 0.717) is 5.92 Å². The van der Waals surface area contributed by atoms with Gasteiger partial charge in [0.2, 0.25) is 0 Å². The van der Waals surface area contributed by atoms with E-state index in [1.54, 1.807) is 0 Å². The second-order valence-electron chi connectivity index (χ2n) is 6.64. The van der Waals surface area contributed by atoms with E-state index >= 15 is 0 Å². The van der Waals surface area contributed by atoms with Gasteiger partial charge in [0.15, 0.2) is 0 Å². The van der Waals surface area contributed by atoms with Gasteiger partial charge in [0.25, 0.3) is 0 Å². The Kier molecular flexibility index (Phi) is 5.22. The Hall–Kier alpha value is -0.860. The van der Waals surface area contributed by atoms with E-state index in [1.807, 2.05) is 0 Å². The Labute approximate surface area is 123 Å². The highest BCUT2D eigenvalue weighted by atomic mass is 16.3. The fraction of sp³-hybridized carbons (Fsp3) is 0.667. The molecule has 0 aromatic heterocycles. The summed E-state index contributed by atoms with van der Waals surface area (Å²) in [5.41, 5.74) is 2.14. The molecule has 20 heavy (non-hydrogen) atoms. The Bertz CT molecular complexity index is 402. The zero-order chi connectivity index (χ0) is 14.6. The minimum atomic E-state index is -0.496. The topological polar surface area (TPSA) is 23.5 Å². The molecule has 2 nitrogen and oxygen atoms in total. The van der Waals surface area contributed by atoms with Crippen molar-refractivity contribution in [1.29, 1.82) is 0 Å². The van der Waals surface area contributed by atoms with Gasteiger partial charge in [-0.15, -0.1) is 0 Å². The molecule has 1 aromatic carbocycles.